The maximum Gasteiger partial charge on any atom is 0.315 e. The fourth-order valence-corrected chi connectivity index (χ4v) is 3.35. The molecule has 0 aliphatic carbocycles. The minimum absolute atomic E-state index is 0.0296. The van der Waals surface area contributed by atoms with Gasteiger partial charge in [0.05, 0.1) is 23.9 Å². The molecule has 2 aliphatic rings. The van der Waals surface area contributed by atoms with E-state index in [1.54, 1.807) is 0 Å². The number of nitrogens with zero attached hydrogens (tertiary/aromatic N) is 2. The summed E-state index contributed by atoms with van der Waals surface area (Å²) in [5.41, 5.74) is 0.692. The average molecular weight is 336 g/mol. The number of ether oxygens (including phenoxy) is 2. The molecule has 24 heavy (non-hydrogen) atoms. The molecule has 7 nitrogen and oxygen atoms in total. The molecule has 2 amide bonds. The lowest BCUT2D eigenvalue weighted by Crippen LogP contribution is -2.52. The summed E-state index contributed by atoms with van der Waals surface area (Å²) in [5, 5.41) is 10.5. The van der Waals surface area contributed by atoms with Crippen LogP contribution in [0.5, 0.6) is 0 Å². The van der Waals surface area contributed by atoms with Gasteiger partial charge in [0.1, 0.15) is 6.10 Å². The molecule has 3 atom stereocenters. The maximum atomic E-state index is 12.4. The smallest absolute Gasteiger partial charge is 0.315 e. The third kappa shape index (κ3) is 3.57. The third-order valence-corrected chi connectivity index (χ3v) is 4.91. The zero-order chi connectivity index (χ0) is 17.3. The first-order valence-electron chi connectivity index (χ1n) is 8.73. The van der Waals surface area contributed by atoms with Gasteiger partial charge in [-0.15, -0.1) is 0 Å². The lowest BCUT2D eigenvalue weighted by molar-refractivity contribution is 0.0233. The third-order valence-electron chi connectivity index (χ3n) is 4.91. The van der Waals surface area contributed by atoms with Gasteiger partial charge in [0.2, 0.25) is 0 Å². The van der Waals surface area contributed by atoms with E-state index < -0.39 is 0 Å². The van der Waals surface area contributed by atoms with Crippen molar-refractivity contribution in [1.29, 1.82) is 0 Å². The average Bonchev–Trinajstić information content (AvgIpc) is 3.19. The Morgan fingerprint density at radius 1 is 1.33 bits per heavy atom. The van der Waals surface area contributed by atoms with Crippen LogP contribution in [0.2, 0.25) is 0 Å². The van der Waals surface area contributed by atoms with E-state index in [-0.39, 0.29) is 29.8 Å². The highest BCUT2D eigenvalue weighted by Crippen LogP contribution is 2.30. The number of rotatable bonds is 4. The van der Waals surface area contributed by atoms with Crippen LogP contribution in [0.25, 0.3) is 0 Å². The Labute approximate surface area is 143 Å². The molecule has 1 aromatic rings. The van der Waals surface area contributed by atoms with Crippen molar-refractivity contribution in [2.24, 2.45) is 0 Å². The molecule has 0 aromatic carbocycles. The Bertz CT molecular complexity index is 584. The molecule has 3 rings (SSSR count). The van der Waals surface area contributed by atoms with Gasteiger partial charge in [-0.25, -0.2) is 4.79 Å². The standard InChI is InChI=1S/C17H28N4O3/c1-11(2)21-10-12(9-18-21)15-13(5-7-23-15)19-16(22)20-14-6-8-24-17(14,3)4/h9-11,13-15H,5-8H2,1-4H3,(H2,19,20,22)/t13-,14?,15+/m1/s1. The van der Waals surface area contributed by atoms with Crippen LogP contribution >= 0.6 is 0 Å². The highest BCUT2D eigenvalue weighted by molar-refractivity contribution is 5.75. The number of amides is 2. The molecular weight excluding hydrogens is 308 g/mol. The minimum Gasteiger partial charge on any atom is -0.373 e. The molecule has 2 aliphatic heterocycles. The second-order valence-electron chi connectivity index (χ2n) is 7.44. The summed E-state index contributed by atoms with van der Waals surface area (Å²) in [6.07, 6.45) is 5.33. The normalized spacial score (nSPS) is 29.1. The number of aromatic nitrogens is 2. The second kappa shape index (κ2) is 6.72. The van der Waals surface area contributed by atoms with Gasteiger partial charge >= 0.3 is 6.03 Å². The summed E-state index contributed by atoms with van der Waals surface area (Å²) in [7, 11) is 0. The number of carbonyl (C=O) groups is 1. The zero-order valence-electron chi connectivity index (χ0n) is 14.9. The molecule has 134 valence electrons. The van der Waals surface area contributed by atoms with Crippen molar-refractivity contribution in [2.45, 2.75) is 70.4 Å². The molecule has 0 radical (unpaired) electrons. The molecule has 0 spiro atoms. The Morgan fingerprint density at radius 2 is 2.12 bits per heavy atom. The molecule has 2 N–H and O–H groups in total. The number of hydrogen-bond donors (Lipinski definition) is 2. The van der Waals surface area contributed by atoms with Crippen LogP contribution in [-0.2, 0) is 9.47 Å². The van der Waals surface area contributed by atoms with Gasteiger partial charge in [0.25, 0.3) is 0 Å². The molecule has 0 saturated carbocycles. The first-order valence-corrected chi connectivity index (χ1v) is 8.73. The second-order valence-corrected chi connectivity index (χ2v) is 7.44. The molecule has 7 heteroatoms. The largest absolute Gasteiger partial charge is 0.373 e. The van der Waals surface area contributed by atoms with E-state index >= 15 is 0 Å². The maximum absolute atomic E-state index is 12.4. The van der Waals surface area contributed by atoms with Gasteiger partial charge in [0.15, 0.2) is 0 Å². The van der Waals surface area contributed by atoms with Gasteiger partial charge in [-0.3, -0.25) is 4.68 Å². The van der Waals surface area contributed by atoms with E-state index in [0.717, 1.165) is 18.4 Å². The van der Waals surface area contributed by atoms with Crippen LogP contribution in [0.4, 0.5) is 4.79 Å². The van der Waals surface area contributed by atoms with E-state index in [2.05, 4.69) is 29.6 Å². The van der Waals surface area contributed by atoms with Crippen molar-refractivity contribution in [2.75, 3.05) is 13.2 Å². The topological polar surface area (TPSA) is 77.4 Å². The molecule has 3 heterocycles. The van der Waals surface area contributed by atoms with Gasteiger partial charge < -0.3 is 20.1 Å². The quantitative estimate of drug-likeness (QED) is 0.883. The summed E-state index contributed by atoms with van der Waals surface area (Å²) < 4.78 is 13.4. The fourth-order valence-electron chi connectivity index (χ4n) is 3.35. The predicted molar refractivity (Wildman–Crippen MR) is 89.8 cm³/mol. The van der Waals surface area contributed by atoms with E-state index in [1.807, 2.05) is 30.9 Å². The first kappa shape index (κ1) is 17.2. The van der Waals surface area contributed by atoms with Crippen LogP contribution < -0.4 is 10.6 Å². The van der Waals surface area contributed by atoms with Crippen LogP contribution in [0, 0.1) is 0 Å². The lowest BCUT2D eigenvalue weighted by atomic mass is 9.99. The van der Waals surface area contributed by atoms with Gasteiger partial charge in [-0.1, -0.05) is 0 Å². The minimum atomic E-state index is -0.318. The first-order chi connectivity index (χ1) is 11.4. The SMILES string of the molecule is CC(C)n1cc([C@@H]2OCC[C@H]2NC(=O)NC2CCOC2(C)C)cn1. The van der Waals surface area contributed by atoms with Crippen LogP contribution in [-0.4, -0.2) is 46.7 Å². The molecular formula is C17H28N4O3. The lowest BCUT2D eigenvalue weighted by Gasteiger charge is -2.27. The molecule has 0 bridgehead atoms. The number of carbonyl (C=O) groups excluding carboxylic acids is 1. The highest BCUT2D eigenvalue weighted by atomic mass is 16.5. The Balaban J connectivity index is 1.60. The summed E-state index contributed by atoms with van der Waals surface area (Å²) in [6.45, 7) is 9.50. The van der Waals surface area contributed by atoms with Gasteiger partial charge in [0, 0.05) is 31.0 Å². The molecule has 1 unspecified atom stereocenters. The highest BCUT2D eigenvalue weighted by Gasteiger charge is 2.38. The van der Waals surface area contributed by atoms with E-state index in [4.69, 9.17) is 9.47 Å². The summed E-state index contributed by atoms with van der Waals surface area (Å²) in [5.74, 6) is 0. The van der Waals surface area contributed by atoms with Crippen LogP contribution in [0.15, 0.2) is 12.4 Å². The Kier molecular flexibility index (Phi) is 4.83. The monoisotopic (exact) mass is 336 g/mol. The fraction of sp³-hybridized carbons (Fsp3) is 0.765. The molecule has 1 aromatic heterocycles. The van der Waals surface area contributed by atoms with Crippen molar-refractivity contribution >= 4 is 6.03 Å². The molecule has 2 fully saturated rings. The van der Waals surface area contributed by atoms with E-state index in [9.17, 15) is 4.79 Å². The van der Waals surface area contributed by atoms with E-state index in [0.29, 0.717) is 19.3 Å². The van der Waals surface area contributed by atoms with E-state index in [1.165, 1.54) is 0 Å². The van der Waals surface area contributed by atoms with Crippen LogP contribution in [0.3, 0.4) is 0 Å². The summed E-state index contributed by atoms with van der Waals surface area (Å²) in [6, 6.07) is 0.136. The van der Waals surface area contributed by atoms with Crippen molar-refractivity contribution in [3.63, 3.8) is 0 Å². The predicted octanol–water partition coefficient (Wildman–Crippen LogP) is 2.16. The van der Waals surface area contributed by atoms with Crippen molar-refractivity contribution in [1.82, 2.24) is 20.4 Å². The summed E-state index contributed by atoms with van der Waals surface area (Å²) in [4.78, 5) is 12.4. The van der Waals surface area contributed by atoms with Crippen molar-refractivity contribution < 1.29 is 14.3 Å². The Hall–Kier alpha value is -1.60. The van der Waals surface area contributed by atoms with Crippen LogP contribution in [0.1, 0.15) is 58.2 Å². The summed E-state index contributed by atoms with van der Waals surface area (Å²) >= 11 is 0. The number of urea groups is 1. The number of nitrogens with one attached hydrogen (secondary N) is 2. The zero-order valence-corrected chi connectivity index (χ0v) is 14.9. The van der Waals surface area contributed by atoms with Crippen molar-refractivity contribution in [3.05, 3.63) is 18.0 Å². The number of hydrogen-bond acceptors (Lipinski definition) is 4. The van der Waals surface area contributed by atoms with Gasteiger partial charge in [-0.05, 0) is 40.5 Å². The van der Waals surface area contributed by atoms with Crippen molar-refractivity contribution in [3.8, 4) is 0 Å². The van der Waals surface area contributed by atoms with Gasteiger partial charge in [-0.2, -0.15) is 5.10 Å². The Morgan fingerprint density at radius 3 is 2.75 bits per heavy atom. The molecule has 2 saturated heterocycles.